The zero-order chi connectivity index (χ0) is 14.7. The van der Waals surface area contributed by atoms with Crippen molar-refractivity contribution in [3.05, 3.63) is 72.8 Å². The average molecular weight is 281 g/mol. The Bertz CT molecular complexity index is 801. The minimum absolute atomic E-state index is 0.138. The van der Waals surface area contributed by atoms with E-state index in [1.807, 2.05) is 42.7 Å². The van der Waals surface area contributed by atoms with Gasteiger partial charge in [0.05, 0.1) is 5.69 Å². The Morgan fingerprint density at radius 2 is 1.71 bits per heavy atom. The summed E-state index contributed by atoms with van der Waals surface area (Å²) in [6, 6.07) is 16.0. The zero-order valence-corrected chi connectivity index (χ0v) is 11.3. The molecule has 0 bridgehead atoms. The van der Waals surface area contributed by atoms with Gasteiger partial charge < -0.3 is 5.32 Å². The molecule has 0 fully saturated rings. The molecule has 104 valence electrons. The van der Waals surface area contributed by atoms with Crippen LogP contribution in [0.3, 0.4) is 0 Å². The molecule has 0 aliphatic rings. The summed E-state index contributed by atoms with van der Waals surface area (Å²) in [6.45, 7) is 0.138. The van der Waals surface area contributed by atoms with E-state index in [0.29, 0.717) is 0 Å². The van der Waals surface area contributed by atoms with Crippen molar-refractivity contribution in [2.75, 3.05) is 5.32 Å². The Morgan fingerprint density at radius 3 is 2.52 bits per heavy atom. The maximum atomic E-state index is 13.5. The van der Waals surface area contributed by atoms with Crippen LogP contribution in [0.4, 0.5) is 10.1 Å². The number of pyridine rings is 1. The molecule has 2 aromatic carbocycles. The molecule has 1 heterocycles. The van der Waals surface area contributed by atoms with Crippen molar-refractivity contribution < 1.29 is 13.8 Å². The number of carbonyl (C=O) groups is 1. The summed E-state index contributed by atoms with van der Waals surface area (Å²) in [5, 5.41) is 4.74. The summed E-state index contributed by atoms with van der Waals surface area (Å²) >= 11 is 0. The highest BCUT2D eigenvalue weighted by Gasteiger charge is 2.12. The zero-order valence-electron chi connectivity index (χ0n) is 11.3. The Labute approximate surface area is 121 Å². The van der Waals surface area contributed by atoms with Crippen molar-refractivity contribution in [3.63, 3.8) is 0 Å². The van der Waals surface area contributed by atoms with Crippen molar-refractivity contribution >= 4 is 22.4 Å². The van der Waals surface area contributed by atoms with Gasteiger partial charge in [0.25, 0.3) is 5.91 Å². The molecule has 0 unspecified atom stereocenters. The van der Waals surface area contributed by atoms with Crippen LogP contribution in [0.2, 0.25) is 0 Å². The van der Waals surface area contributed by atoms with Crippen LogP contribution in [-0.4, -0.2) is 5.91 Å². The van der Waals surface area contributed by atoms with Gasteiger partial charge in [-0.2, -0.15) is 4.57 Å². The number of hydrogen-bond acceptors (Lipinski definition) is 1. The topological polar surface area (TPSA) is 33.0 Å². The minimum Gasteiger partial charge on any atom is -0.318 e. The number of nitrogens with one attached hydrogen (secondary N) is 1. The highest BCUT2D eigenvalue weighted by Crippen LogP contribution is 2.12. The van der Waals surface area contributed by atoms with Gasteiger partial charge in [0.2, 0.25) is 6.54 Å². The Morgan fingerprint density at radius 1 is 1.00 bits per heavy atom. The van der Waals surface area contributed by atoms with Crippen LogP contribution in [0.5, 0.6) is 0 Å². The lowest BCUT2D eigenvalue weighted by Gasteiger charge is -2.04. The van der Waals surface area contributed by atoms with Crippen molar-refractivity contribution in [2.24, 2.45) is 0 Å². The Hall–Kier alpha value is -2.75. The maximum Gasteiger partial charge on any atom is 0.290 e. The Balaban J connectivity index is 1.75. The fraction of sp³-hybridized carbons (Fsp3) is 0.0588. The number of anilines is 1. The number of benzene rings is 2. The third kappa shape index (κ3) is 3.05. The molecule has 1 N–H and O–H groups in total. The van der Waals surface area contributed by atoms with Gasteiger partial charge in [-0.05, 0) is 23.6 Å². The van der Waals surface area contributed by atoms with Crippen LogP contribution in [0.25, 0.3) is 10.8 Å². The van der Waals surface area contributed by atoms with E-state index in [9.17, 15) is 9.18 Å². The van der Waals surface area contributed by atoms with Gasteiger partial charge in [0.15, 0.2) is 12.4 Å². The summed E-state index contributed by atoms with van der Waals surface area (Å²) in [5.41, 5.74) is 0.198. The van der Waals surface area contributed by atoms with Gasteiger partial charge in [-0.25, -0.2) is 4.39 Å². The average Bonchev–Trinajstić information content (AvgIpc) is 2.49. The molecule has 1 amide bonds. The third-order valence-electron chi connectivity index (χ3n) is 3.22. The predicted octanol–water partition coefficient (Wildman–Crippen LogP) is 2.91. The highest BCUT2D eigenvalue weighted by molar-refractivity contribution is 5.89. The van der Waals surface area contributed by atoms with E-state index >= 15 is 0 Å². The second-order valence-electron chi connectivity index (χ2n) is 4.77. The number of carbonyl (C=O) groups excluding carboxylic acids is 1. The third-order valence-corrected chi connectivity index (χ3v) is 3.22. The molecular formula is C17H14FN2O+. The van der Waals surface area contributed by atoms with Gasteiger partial charge in [-0.15, -0.1) is 0 Å². The van der Waals surface area contributed by atoms with E-state index in [0.717, 1.165) is 10.8 Å². The predicted molar refractivity (Wildman–Crippen MR) is 79.2 cm³/mol. The number of nitrogens with zero attached hydrogens (tertiary/aromatic N) is 1. The summed E-state index contributed by atoms with van der Waals surface area (Å²) in [5.74, 6) is -0.699. The van der Waals surface area contributed by atoms with E-state index in [2.05, 4.69) is 5.32 Å². The van der Waals surface area contributed by atoms with Gasteiger partial charge >= 0.3 is 0 Å². The first-order chi connectivity index (χ1) is 10.2. The molecule has 0 aliphatic heterocycles. The van der Waals surface area contributed by atoms with Gasteiger partial charge in [-0.1, -0.05) is 30.3 Å². The minimum atomic E-state index is -0.436. The van der Waals surface area contributed by atoms with Gasteiger partial charge in [-0.3, -0.25) is 4.79 Å². The largest absolute Gasteiger partial charge is 0.318 e. The second-order valence-corrected chi connectivity index (χ2v) is 4.77. The molecule has 1 aromatic heterocycles. The first-order valence-electron chi connectivity index (χ1n) is 6.64. The van der Waals surface area contributed by atoms with Crippen LogP contribution in [-0.2, 0) is 11.3 Å². The molecule has 0 saturated carbocycles. The normalized spacial score (nSPS) is 10.5. The maximum absolute atomic E-state index is 13.5. The van der Waals surface area contributed by atoms with E-state index in [1.54, 1.807) is 16.7 Å². The van der Waals surface area contributed by atoms with Crippen molar-refractivity contribution in [3.8, 4) is 0 Å². The molecule has 0 radical (unpaired) electrons. The monoisotopic (exact) mass is 281 g/mol. The summed E-state index contributed by atoms with van der Waals surface area (Å²) in [4.78, 5) is 12.0. The lowest BCUT2D eigenvalue weighted by Crippen LogP contribution is -2.39. The molecule has 3 rings (SSSR count). The fourth-order valence-corrected chi connectivity index (χ4v) is 2.19. The number of aromatic nitrogens is 1. The molecule has 21 heavy (non-hydrogen) atoms. The smallest absolute Gasteiger partial charge is 0.290 e. The molecular weight excluding hydrogens is 267 g/mol. The van der Waals surface area contributed by atoms with Crippen LogP contribution < -0.4 is 9.88 Å². The van der Waals surface area contributed by atoms with Gasteiger partial charge in [0, 0.05) is 11.5 Å². The second kappa shape index (κ2) is 5.71. The molecule has 3 nitrogen and oxygen atoms in total. The van der Waals surface area contributed by atoms with E-state index < -0.39 is 5.82 Å². The quantitative estimate of drug-likeness (QED) is 0.736. The molecule has 4 heteroatoms. The van der Waals surface area contributed by atoms with Crippen molar-refractivity contribution in [1.29, 1.82) is 0 Å². The molecule has 0 saturated heterocycles. The number of hydrogen-bond donors (Lipinski definition) is 1. The number of halogens is 1. The lowest BCUT2D eigenvalue weighted by molar-refractivity contribution is -0.682. The van der Waals surface area contributed by atoms with Crippen LogP contribution in [0, 0.1) is 5.82 Å². The summed E-state index contributed by atoms with van der Waals surface area (Å²) in [7, 11) is 0. The molecule has 0 spiro atoms. The number of para-hydroxylation sites is 1. The SMILES string of the molecule is O=C(C[n+]1ccc2ccccc2c1)Nc1ccccc1F. The fourth-order valence-electron chi connectivity index (χ4n) is 2.19. The standard InChI is InChI=1S/C17H13FN2O/c18-15-7-3-4-8-16(15)19-17(21)12-20-10-9-13-5-1-2-6-14(13)11-20/h1-11H,12H2/p+1. The first kappa shape index (κ1) is 13.2. The lowest BCUT2D eigenvalue weighted by atomic mass is 10.2. The number of fused-ring (bicyclic) bond motifs is 1. The highest BCUT2D eigenvalue weighted by atomic mass is 19.1. The molecule has 0 atom stereocenters. The van der Waals surface area contributed by atoms with Crippen LogP contribution in [0.15, 0.2) is 67.0 Å². The summed E-state index contributed by atoms with van der Waals surface area (Å²) < 4.78 is 15.3. The molecule has 3 aromatic rings. The van der Waals surface area contributed by atoms with E-state index in [-0.39, 0.29) is 18.1 Å². The molecule has 0 aliphatic carbocycles. The van der Waals surface area contributed by atoms with Gasteiger partial charge in [0.1, 0.15) is 5.82 Å². The van der Waals surface area contributed by atoms with E-state index in [1.165, 1.54) is 12.1 Å². The summed E-state index contributed by atoms with van der Waals surface area (Å²) in [6.07, 6.45) is 3.74. The van der Waals surface area contributed by atoms with Crippen LogP contribution >= 0.6 is 0 Å². The van der Waals surface area contributed by atoms with E-state index in [4.69, 9.17) is 0 Å². The Kier molecular flexibility index (Phi) is 3.60. The van der Waals surface area contributed by atoms with Crippen molar-refractivity contribution in [2.45, 2.75) is 6.54 Å². The van der Waals surface area contributed by atoms with Crippen LogP contribution in [0.1, 0.15) is 0 Å². The van der Waals surface area contributed by atoms with Crippen molar-refractivity contribution in [1.82, 2.24) is 0 Å². The first-order valence-corrected chi connectivity index (χ1v) is 6.64. The number of amides is 1. The number of rotatable bonds is 3.